The molecule has 0 amide bonds. The van der Waals surface area contributed by atoms with Crippen LogP contribution in [0.5, 0.6) is 0 Å². The number of hydrogen-bond donors (Lipinski definition) is 0. The number of ketones is 6. The number of hydrogen-bond acceptors (Lipinski definition) is 9. The normalized spacial score (nSPS) is 14.8. The minimum Gasteiger partial charge on any atom is -0.338 e. The van der Waals surface area contributed by atoms with Crippen LogP contribution in [0.15, 0.2) is 115 Å². The smallest absolute Gasteiger partial charge is 0.169 e. The zero-order valence-electron chi connectivity index (χ0n) is 56.5. The molecule has 0 atom stereocenters. The van der Waals surface area contributed by atoms with Crippen molar-refractivity contribution in [2.24, 2.45) is 34.0 Å². The largest absolute Gasteiger partial charge is 0.338 e. The fraction of sp³-hybridized carbons (Fsp3) is 0.430. The second kappa shape index (κ2) is 28.9. The van der Waals surface area contributed by atoms with Gasteiger partial charge in [0.25, 0.3) is 0 Å². The number of aromatic nitrogens is 6. The van der Waals surface area contributed by atoms with E-state index >= 15 is 0 Å². The van der Waals surface area contributed by atoms with E-state index in [1.165, 1.54) is 6.42 Å². The molecule has 3 saturated carbocycles. The number of carbonyl (C=O) groups is 6. The van der Waals surface area contributed by atoms with Crippen molar-refractivity contribution in [3.8, 4) is 0 Å². The number of nitrogens with zero attached hydrogens (tertiary/aromatic N) is 6. The van der Waals surface area contributed by atoms with Gasteiger partial charge in [0.2, 0.25) is 0 Å². The van der Waals surface area contributed by atoms with Crippen LogP contribution in [-0.4, -0.2) is 63.4 Å². The molecule has 6 heterocycles. The molecule has 3 fully saturated rings. The molecule has 12 nitrogen and oxygen atoms in total. The second-order valence-electron chi connectivity index (χ2n) is 28.6. The van der Waals surface area contributed by atoms with Crippen LogP contribution < -0.4 is 0 Å². The molecule has 0 unspecified atom stereocenters. The average molecular weight is 1320 g/mol. The van der Waals surface area contributed by atoms with Crippen LogP contribution in [0.4, 0.5) is 0 Å². The molecule has 15 heteroatoms. The number of Topliss-reactive ketones (excluding diaryl/α,β-unsaturated/α-hetero) is 6. The molecule has 0 saturated heterocycles. The number of aryl methyl sites for hydroxylation is 2. The highest BCUT2D eigenvalue weighted by Gasteiger charge is 2.39. The molecule has 0 N–H and O–H groups in total. The summed E-state index contributed by atoms with van der Waals surface area (Å²) < 4.78 is 6.55. The Labute approximate surface area is 568 Å². The highest BCUT2D eigenvalue weighted by molar-refractivity contribution is 6.31. The van der Waals surface area contributed by atoms with Crippen molar-refractivity contribution in [1.82, 2.24) is 28.7 Å². The molecule has 492 valence electrons. The topological polar surface area (TPSA) is 156 Å². The van der Waals surface area contributed by atoms with Gasteiger partial charge in [0, 0.05) is 123 Å². The Bertz CT molecular complexity index is 4330. The van der Waals surface area contributed by atoms with E-state index in [2.05, 4.69) is 30.8 Å². The van der Waals surface area contributed by atoms with E-state index in [0.29, 0.717) is 65.1 Å². The maximum atomic E-state index is 14.0. The fourth-order valence-electron chi connectivity index (χ4n) is 13.1. The van der Waals surface area contributed by atoms with Gasteiger partial charge in [0.15, 0.2) is 17.3 Å². The van der Waals surface area contributed by atoms with E-state index in [4.69, 9.17) is 44.8 Å². The molecule has 0 bridgehead atoms. The third kappa shape index (κ3) is 15.3. The summed E-state index contributed by atoms with van der Waals surface area (Å²) in [5.74, 6) is 1.07. The lowest BCUT2D eigenvalue weighted by molar-refractivity contribution is -0.125. The summed E-state index contributed by atoms with van der Waals surface area (Å²) in [6, 6.07) is 35.3. The first-order chi connectivity index (χ1) is 44.6. The number of halogens is 3. The van der Waals surface area contributed by atoms with Crippen LogP contribution in [0, 0.1) is 47.8 Å². The zero-order valence-corrected chi connectivity index (χ0v) is 58.8. The monoisotopic (exact) mass is 1320 g/mol. The maximum Gasteiger partial charge on any atom is 0.169 e. The van der Waals surface area contributed by atoms with Gasteiger partial charge in [-0.1, -0.05) is 145 Å². The van der Waals surface area contributed by atoms with Gasteiger partial charge in [-0.25, -0.2) is 0 Å². The summed E-state index contributed by atoms with van der Waals surface area (Å²) in [5.41, 5.74) is 13.3. The molecule has 6 aromatic heterocycles. The van der Waals surface area contributed by atoms with E-state index in [9.17, 15) is 28.8 Å². The Morgan fingerprint density at radius 3 is 1.00 bits per heavy atom. The number of rotatable bonds is 21. The summed E-state index contributed by atoms with van der Waals surface area (Å²) in [6.45, 7) is 22.3. The van der Waals surface area contributed by atoms with E-state index in [1.807, 2.05) is 152 Å². The van der Waals surface area contributed by atoms with Gasteiger partial charge in [0.1, 0.15) is 17.3 Å². The van der Waals surface area contributed by atoms with Gasteiger partial charge >= 0.3 is 0 Å². The molecule has 3 aromatic carbocycles. The molecule has 0 aliphatic heterocycles. The Kier molecular flexibility index (Phi) is 21.4. The molecule has 12 rings (SSSR count). The van der Waals surface area contributed by atoms with Crippen molar-refractivity contribution in [2.45, 2.75) is 186 Å². The molecule has 0 radical (unpaired) electrons. The first-order valence-electron chi connectivity index (χ1n) is 33.4. The lowest BCUT2D eigenvalue weighted by Gasteiger charge is -2.26. The van der Waals surface area contributed by atoms with Crippen molar-refractivity contribution in [3.63, 3.8) is 0 Å². The van der Waals surface area contributed by atoms with Crippen molar-refractivity contribution in [1.29, 1.82) is 0 Å². The van der Waals surface area contributed by atoms with Gasteiger partial charge in [-0.3, -0.25) is 43.7 Å². The minimum absolute atomic E-state index is 0.0369. The van der Waals surface area contributed by atoms with Gasteiger partial charge in [-0.05, 0) is 163 Å². The summed E-state index contributed by atoms with van der Waals surface area (Å²) in [6.07, 6.45) is 14.4. The predicted octanol–water partition coefficient (Wildman–Crippen LogP) is 19.0. The summed E-state index contributed by atoms with van der Waals surface area (Å²) in [5, 5.41) is 2.08. The van der Waals surface area contributed by atoms with Crippen LogP contribution >= 0.6 is 34.8 Å². The van der Waals surface area contributed by atoms with E-state index in [0.717, 1.165) is 148 Å². The third-order valence-electron chi connectivity index (χ3n) is 20.4. The van der Waals surface area contributed by atoms with E-state index in [1.54, 1.807) is 27.0 Å². The van der Waals surface area contributed by atoms with Crippen LogP contribution in [0.25, 0.3) is 33.1 Å². The molecular weight excluding hydrogens is 1240 g/mol. The highest BCUT2D eigenvalue weighted by atomic mass is 35.5. The standard InChI is InChI=1S/C28H33ClN2O2.C26H29ClN2O2.C25H27ClN2O2/c1-18-10-15-23-26(30-18)25(27(33)21-8-6-5-7-9-21)24(16-28(3,4)19(2)32)31(23)17-20-11-13-22(29)14-12-20;1-16-8-13-21-24(28-16)23(25(31)19-6-5-7-19)22(14-26(3,4)17(2)30)29(21)15-18-9-11-20(27)12-10-18;1-16(29)25(2,3)14-21-22(24(30)18-6-4-7-18)23-20(8-5-13-27-23)28(21)15-17-9-11-19(26)12-10-17/h10-15,21H,5-9,16-17H2,1-4H3;8-13,19H,5-7,14-15H2,1-4H3;5,8-13,18H,4,6-7,14-15H2,1-3H3. The fourth-order valence-corrected chi connectivity index (χ4v) is 13.5. The number of benzene rings is 3. The van der Waals surface area contributed by atoms with Crippen molar-refractivity contribution >= 4 is 103 Å². The SMILES string of the molecule is CC(=O)C(C)(C)Cc1c(C(=O)C2CCC2)c2nc(C)ccc2n1Cc1ccc(Cl)cc1.CC(=O)C(C)(C)Cc1c(C(=O)C2CCC2)c2ncccc2n1Cc1ccc(Cl)cc1.CC(=O)C(C)(C)Cc1c(C(=O)C2CCCCC2)c2nc(C)ccc2n1Cc1ccc(Cl)cc1. The molecule has 3 aliphatic carbocycles. The Morgan fingerprint density at radius 2 is 0.702 bits per heavy atom. The summed E-state index contributed by atoms with van der Waals surface area (Å²) >= 11 is 18.3. The molecule has 94 heavy (non-hydrogen) atoms. The lowest BCUT2D eigenvalue weighted by Crippen LogP contribution is -2.28. The van der Waals surface area contributed by atoms with Gasteiger partial charge in [-0.15, -0.1) is 0 Å². The third-order valence-corrected chi connectivity index (χ3v) is 21.1. The maximum absolute atomic E-state index is 14.0. The quantitative estimate of drug-likeness (QED) is 0.0639. The number of carbonyl (C=O) groups excluding carboxylic acids is 6. The lowest BCUT2D eigenvalue weighted by atomic mass is 9.77. The highest BCUT2D eigenvalue weighted by Crippen LogP contribution is 2.41. The second-order valence-corrected chi connectivity index (χ2v) is 30.0. The molecule has 3 aliphatic rings. The van der Waals surface area contributed by atoms with Gasteiger partial charge in [-0.2, -0.15) is 0 Å². The minimum atomic E-state index is -0.581. The average Bonchev–Trinajstić information content (AvgIpc) is 1.61. The molecular formula is C79H89Cl3N6O6. The van der Waals surface area contributed by atoms with Crippen LogP contribution in [0.3, 0.4) is 0 Å². The zero-order chi connectivity index (χ0) is 67.6. The Morgan fingerprint density at radius 1 is 0.404 bits per heavy atom. The van der Waals surface area contributed by atoms with E-state index < -0.39 is 16.2 Å². The number of fused-ring (bicyclic) bond motifs is 3. The van der Waals surface area contributed by atoms with Crippen molar-refractivity contribution < 1.29 is 28.8 Å². The molecule has 9 aromatic rings. The van der Waals surface area contributed by atoms with E-state index in [-0.39, 0.29) is 52.5 Å². The van der Waals surface area contributed by atoms with Gasteiger partial charge < -0.3 is 13.7 Å². The van der Waals surface area contributed by atoms with Crippen LogP contribution in [0.1, 0.15) is 209 Å². The van der Waals surface area contributed by atoms with Gasteiger partial charge in [0.05, 0.1) is 49.8 Å². The van der Waals surface area contributed by atoms with Crippen molar-refractivity contribution in [2.75, 3.05) is 0 Å². The molecule has 0 spiro atoms. The number of pyridine rings is 3. The van der Waals surface area contributed by atoms with Crippen molar-refractivity contribution in [3.05, 3.63) is 192 Å². The van der Waals surface area contributed by atoms with Crippen LogP contribution in [-0.2, 0) is 53.3 Å². The first kappa shape index (κ1) is 69.4. The summed E-state index contributed by atoms with van der Waals surface area (Å²) in [7, 11) is 0. The predicted molar refractivity (Wildman–Crippen MR) is 379 cm³/mol. The van der Waals surface area contributed by atoms with Crippen LogP contribution in [0.2, 0.25) is 15.1 Å². The summed E-state index contributed by atoms with van der Waals surface area (Å²) in [4.78, 5) is 92.5. The first-order valence-corrected chi connectivity index (χ1v) is 34.6. The Balaban J connectivity index is 0.000000154. The Hall–Kier alpha value is -7.38.